The van der Waals surface area contributed by atoms with Crippen LogP contribution in [0.3, 0.4) is 0 Å². The highest BCUT2D eigenvalue weighted by atomic mass is 32.2. The second kappa shape index (κ2) is 10.9. The molecule has 0 saturated carbocycles. The number of para-hydroxylation sites is 1. The van der Waals surface area contributed by atoms with Crippen molar-refractivity contribution < 1.29 is 17.4 Å². The summed E-state index contributed by atoms with van der Waals surface area (Å²) in [6, 6.07) is 35.4. The minimum Gasteiger partial charge on any atom is -0.455 e. The molecule has 0 aliphatic rings. The highest BCUT2D eigenvalue weighted by Gasteiger charge is 2.20. The number of hydrogen-bond donors (Lipinski definition) is 2. The average Bonchev–Trinajstić information content (AvgIpc) is 2.94. The van der Waals surface area contributed by atoms with E-state index in [1.54, 1.807) is 12.1 Å². The Morgan fingerprint density at radius 1 is 0.744 bits per heavy atom. The molecule has 6 rings (SSSR count). The lowest BCUT2D eigenvalue weighted by Crippen LogP contribution is -2.05. The molecule has 1 N–H and O–H groups in total. The maximum absolute atomic E-state index is 13.5. The summed E-state index contributed by atoms with van der Waals surface area (Å²) in [4.78, 5) is 14.1. The van der Waals surface area contributed by atoms with Crippen molar-refractivity contribution in [3.8, 4) is 22.3 Å². The molecule has 0 unspecified atom stereocenters. The van der Waals surface area contributed by atoms with Gasteiger partial charge in [-0.1, -0.05) is 90.5 Å². The summed E-state index contributed by atoms with van der Waals surface area (Å²) in [5, 5.41) is 1.14. The van der Waals surface area contributed by atoms with Gasteiger partial charge in [-0.2, -0.15) is 8.42 Å². The molecule has 7 heteroatoms. The van der Waals surface area contributed by atoms with E-state index in [9.17, 15) is 13.2 Å². The number of hydrogen-bond acceptors (Lipinski definition) is 5. The van der Waals surface area contributed by atoms with Gasteiger partial charge in [-0.3, -0.25) is 9.35 Å². The minimum absolute atomic E-state index is 0.0382. The summed E-state index contributed by atoms with van der Waals surface area (Å²) in [5.74, 6) is 0. The van der Waals surface area contributed by atoms with E-state index in [0.717, 1.165) is 27.8 Å². The number of fused-ring (bicyclic) bond motifs is 2. The molecule has 39 heavy (non-hydrogen) atoms. The first-order chi connectivity index (χ1) is 18.7. The van der Waals surface area contributed by atoms with Crippen molar-refractivity contribution in [2.75, 3.05) is 0 Å². The van der Waals surface area contributed by atoms with Crippen molar-refractivity contribution in [1.82, 2.24) is 0 Å². The lowest BCUT2D eigenvalue weighted by atomic mass is 9.91. The fourth-order valence-corrected chi connectivity index (χ4v) is 5.19. The Labute approximate surface area is 231 Å². The highest BCUT2D eigenvalue weighted by molar-refractivity contribution is 7.85. The summed E-state index contributed by atoms with van der Waals surface area (Å²) in [5.41, 5.74) is 5.85. The first-order valence-corrected chi connectivity index (χ1v) is 14.0. The second-order valence-electron chi connectivity index (χ2n) is 8.97. The van der Waals surface area contributed by atoms with E-state index in [1.165, 1.54) is 12.1 Å². The van der Waals surface area contributed by atoms with Gasteiger partial charge < -0.3 is 4.42 Å². The topological polar surface area (TPSA) is 84.6 Å². The van der Waals surface area contributed by atoms with Crippen molar-refractivity contribution in [3.63, 3.8) is 0 Å². The quantitative estimate of drug-likeness (QED) is 0.133. The number of benzene rings is 5. The number of thiol groups is 1. The molecule has 0 aliphatic heterocycles. The molecule has 1 heterocycles. The van der Waals surface area contributed by atoms with Gasteiger partial charge in [0.1, 0.15) is 5.58 Å². The summed E-state index contributed by atoms with van der Waals surface area (Å²) in [7, 11) is -4.02. The van der Waals surface area contributed by atoms with Crippen molar-refractivity contribution in [2.24, 2.45) is 0 Å². The monoisotopic (exact) mass is 552 g/mol. The normalized spacial score (nSPS) is 11.3. The van der Waals surface area contributed by atoms with Gasteiger partial charge in [0.25, 0.3) is 10.1 Å². The lowest BCUT2D eigenvalue weighted by Gasteiger charge is -2.15. The van der Waals surface area contributed by atoms with E-state index in [4.69, 9.17) is 8.97 Å². The van der Waals surface area contributed by atoms with Crippen LogP contribution in [0.15, 0.2) is 134 Å². The third kappa shape index (κ3) is 5.52. The van der Waals surface area contributed by atoms with E-state index in [1.807, 2.05) is 97.9 Å². The predicted octanol–water partition coefficient (Wildman–Crippen LogP) is 7.81. The van der Waals surface area contributed by atoms with Gasteiger partial charge in [0, 0.05) is 10.5 Å². The molecule has 0 atom stereocenters. The van der Waals surface area contributed by atoms with Crippen molar-refractivity contribution in [3.05, 3.63) is 131 Å². The zero-order chi connectivity index (χ0) is 27.6. The van der Waals surface area contributed by atoms with Gasteiger partial charge >= 0.3 is 0 Å². The van der Waals surface area contributed by atoms with E-state index in [-0.39, 0.29) is 10.3 Å². The van der Waals surface area contributed by atoms with E-state index >= 15 is 0 Å². The molecule has 0 fully saturated rings. The minimum atomic E-state index is -4.02. The Bertz CT molecular complexity index is 1950. The SMILES string of the molecule is Cc1ccc(S(=O)(=O)O)cc1.O=c1c2ccccc2oc2c(S)cc(-c3ccccc3)c(-c3ccccc3)c12. The van der Waals surface area contributed by atoms with Gasteiger partial charge in [0.2, 0.25) is 5.43 Å². The van der Waals surface area contributed by atoms with Crippen LogP contribution in [0.4, 0.5) is 0 Å². The molecule has 194 valence electrons. The van der Waals surface area contributed by atoms with Crippen LogP contribution in [-0.4, -0.2) is 13.0 Å². The fraction of sp³-hybridized carbons (Fsp3) is 0.0312. The maximum Gasteiger partial charge on any atom is 0.294 e. The molecule has 6 aromatic rings. The standard InChI is InChI=1S/C25H16O2S.C7H8O3S/c26-24-18-13-7-8-14-20(18)27-25-21(28)15-19(16-9-3-1-4-10-16)22(23(24)25)17-11-5-2-6-12-17;1-6-2-4-7(5-3-6)11(8,9)10/h1-15,28H;2-5H,1H3,(H,8,9,10). The van der Waals surface area contributed by atoms with Gasteiger partial charge in [-0.25, -0.2) is 0 Å². The smallest absolute Gasteiger partial charge is 0.294 e. The molecule has 0 amide bonds. The van der Waals surface area contributed by atoms with Crippen LogP contribution in [-0.2, 0) is 10.1 Å². The Morgan fingerprint density at radius 3 is 1.92 bits per heavy atom. The molecule has 0 aliphatic carbocycles. The number of aryl methyl sites for hydroxylation is 1. The largest absolute Gasteiger partial charge is 0.455 e. The van der Waals surface area contributed by atoms with Crippen LogP contribution >= 0.6 is 12.6 Å². The van der Waals surface area contributed by atoms with Crippen LogP contribution in [0.1, 0.15) is 5.56 Å². The first kappa shape index (κ1) is 26.4. The van der Waals surface area contributed by atoms with Crippen LogP contribution in [0, 0.1) is 6.92 Å². The summed E-state index contributed by atoms with van der Waals surface area (Å²) in [6.45, 7) is 1.84. The molecule has 5 nitrogen and oxygen atoms in total. The molecular formula is C32H24O5S2. The molecule has 0 spiro atoms. The van der Waals surface area contributed by atoms with Crippen molar-refractivity contribution in [2.45, 2.75) is 16.7 Å². The summed E-state index contributed by atoms with van der Waals surface area (Å²) in [6.07, 6.45) is 0. The lowest BCUT2D eigenvalue weighted by molar-refractivity contribution is 0.483. The number of rotatable bonds is 3. The van der Waals surface area contributed by atoms with Gasteiger partial charge in [0.05, 0.1) is 15.7 Å². The highest BCUT2D eigenvalue weighted by Crippen LogP contribution is 2.40. The third-order valence-corrected chi connectivity index (χ3v) is 7.50. The van der Waals surface area contributed by atoms with Crippen molar-refractivity contribution >= 4 is 44.7 Å². The van der Waals surface area contributed by atoms with Crippen LogP contribution in [0.25, 0.3) is 44.2 Å². The molecule has 0 radical (unpaired) electrons. The Balaban J connectivity index is 0.000000237. The third-order valence-electron chi connectivity index (χ3n) is 6.30. The van der Waals surface area contributed by atoms with Gasteiger partial charge in [-0.05, 0) is 53.9 Å². The molecule has 1 aromatic heterocycles. The van der Waals surface area contributed by atoms with Crippen molar-refractivity contribution in [1.29, 1.82) is 0 Å². The zero-order valence-corrected chi connectivity index (χ0v) is 22.6. The molecule has 0 saturated heterocycles. The predicted molar refractivity (Wildman–Crippen MR) is 159 cm³/mol. The van der Waals surface area contributed by atoms with Crippen LogP contribution < -0.4 is 5.43 Å². The van der Waals surface area contributed by atoms with Crippen LogP contribution in [0.5, 0.6) is 0 Å². The summed E-state index contributed by atoms with van der Waals surface area (Å²) < 4.78 is 35.7. The Kier molecular flexibility index (Phi) is 7.39. The van der Waals surface area contributed by atoms with E-state index in [0.29, 0.717) is 26.8 Å². The van der Waals surface area contributed by atoms with E-state index in [2.05, 4.69) is 12.6 Å². The van der Waals surface area contributed by atoms with Gasteiger partial charge in [-0.15, -0.1) is 12.6 Å². The fourth-order valence-electron chi connectivity index (χ4n) is 4.42. The molecular weight excluding hydrogens is 528 g/mol. The van der Waals surface area contributed by atoms with Crippen LogP contribution in [0.2, 0.25) is 0 Å². The average molecular weight is 553 g/mol. The Hall–Kier alpha value is -4.17. The van der Waals surface area contributed by atoms with Gasteiger partial charge in [0.15, 0.2) is 5.58 Å². The first-order valence-electron chi connectivity index (χ1n) is 12.1. The molecule has 0 bridgehead atoms. The second-order valence-corrected chi connectivity index (χ2v) is 10.9. The van der Waals surface area contributed by atoms with E-state index < -0.39 is 10.1 Å². The maximum atomic E-state index is 13.5. The zero-order valence-electron chi connectivity index (χ0n) is 20.9. The summed E-state index contributed by atoms with van der Waals surface area (Å²) >= 11 is 4.67. The Morgan fingerprint density at radius 2 is 1.31 bits per heavy atom. The molecule has 5 aromatic carbocycles.